The Labute approximate surface area is 159 Å². The fraction of sp³-hybridized carbons (Fsp3) is 0.150. The number of anilines is 3. The molecule has 2 aromatic carbocycles. The highest BCUT2D eigenvalue weighted by molar-refractivity contribution is 7.92. The smallest absolute Gasteiger partial charge is 0.263 e. The van der Waals surface area contributed by atoms with Crippen LogP contribution in [0.15, 0.2) is 65.7 Å². The molecule has 0 saturated carbocycles. The number of aryl methyl sites for hydroxylation is 2. The standard InChI is InChI=1S/C20H21N3O3S/c1-14-8-9-15(2)19(12-14)27(24,25)23-20-11-10-16(13-21-20)22-17-6-4-5-7-18(17)26-3/h4-13,22H,1-3H3,(H,21,23). The van der Waals surface area contributed by atoms with Crippen molar-refractivity contribution in [2.24, 2.45) is 0 Å². The Morgan fingerprint density at radius 3 is 2.48 bits per heavy atom. The van der Waals surface area contributed by atoms with Crippen molar-refractivity contribution < 1.29 is 13.2 Å². The Morgan fingerprint density at radius 2 is 1.78 bits per heavy atom. The van der Waals surface area contributed by atoms with Gasteiger partial charge in [0.15, 0.2) is 0 Å². The van der Waals surface area contributed by atoms with Gasteiger partial charge in [0.25, 0.3) is 10.0 Å². The number of benzene rings is 2. The molecule has 2 N–H and O–H groups in total. The number of nitrogens with one attached hydrogen (secondary N) is 2. The maximum absolute atomic E-state index is 12.7. The van der Waals surface area contributed by atoms with Crippen LogP contribution >= 0.6 is 0 Å². The van der Waals surface area contributed by atoms with Crippen LogP contribution in [0, 0.1) is 13.8 Å². The minimum absolute atomic E-state index is 0.250. The van der Waals surface area contributed by atoms with E-state index in [4.69, 9.17) is 4.74 Å². The summed E-state index contributed by atoms with van der Waals surface area (Å²) in [7, 11) is -2.10. The first kappa shape index (κ1) is 18.7. The Bertz CT molecular complexity index is 1050. The summed E-state index contributed by atoms with van der Waals surface area (Å²) in [4.78, 5) is 4.45. The summed E-state index contributed by atoms with van der Waals surface area (Å²) >= 11 is 0. The van der Waals surface area contributed by atoms with Crippen molar-refractivity contribution in [3.63, 3.8) is 0 Å². The molecule has 1 aromatic heterocycles. The van der Waals surface area contributed by atoms with Crippen molar-refractivity contribution in [2.45, 2.75) is 18.7 Å². The van der Waals surface area contributed by atoms with Crippen LogP contribution in [0.3, 0.4) is 0 Å². The van der Waals surface area contributed by atoms with Crippen molar-refractivity contribution in [1.82, 2.24) is 4.98 Å². The summed E-state index contributed by atoms with van der Waals surface area (Å²) < 4.78 is 33.1. The number of nitrogens with zero attached hydrogens (tertiary/aromatic N) is 1. The number of para-hydroxylation sites is 2. The Morgan fingerprint density at radius 1 is 1.00 bits per heavy atom. The van der Waals surface area contributed by atoms with Crippen LogP contribution in [0.5, 0.6) is 5.75 Å². The predicted molar refractivity (Wildman–Crippen MR) is 107 cm³/mol. The lowest BCUT2D eigenvalue weighted by Gasteiger charge is -2.12. The molecular formula is C20H21N3O3S. The maximum atomic E-state index is 12.7. The van der Waals surface area contributed by atoms with E-state index in [2.05, 4.69) is 15.0 Å². The molecule has 0 atom stereocenters. The van der Waals surface area contributed by atoms with E-state index < -0.39 is 10.0 Å². The monoisotopic (exact) mass is 383 g/mol. The van der Waals surface area contributed by atoms with Gasteiger partial charge in [-0.05, 0) is 55.3 Å². The fourth-order valence-electron chi connectivity index (χ4n) is 2.62. The van der Waals surface area contributed by atoms with E-state index in [0.717, 1.165) is 11.3 Å². The number of sulfonamides is 1. The van der Waals surface area contributed by atoms with E-state index in [0.29, 0.717) is 17.0 Å². The molecule has 0 radical (unpaired) electrons. The lowest BCUT2D eigenvalue weighted by atomic mass is 10.2. The highest BCUT2D eigenvalue weighted by Crippen LogP contribution is 2.27. The molecule has 0 aliphatic carbocycles. The lowest BCUT2D eigenvalue weighted by molar-refractivity contribution is 0.417. The minimum Gasteiger partial charge on any atom is -0.495 e. The van der Waals surface area contributed by atoms with Crippen molar-refractivity contribution in [3.05, 3.63) is 71.9 Å². The highest BCUT2D eigenvalue weighted by atomic mass is 32.2. The molecule has 7 heteroatoms. The van der Waals surface area contributed by atoms with Gasteiger partial charge in [-0.3, -0.25) is 4.72 Å². The molecule has 0 saturated heterocycles. The third kappa shape index (κ3) is 4.38. The first-order valence-electron chi connectivity index (χ1n) is 8.35. The zero-order chi connectivity index (χ0) is 19.4. The lowest BCUT2D eigenvalue weighted by Crippen LogP contribution is -2.15. The Hall–Kier alpha value is -3.06. The van der Waals surface area contributed by atoms with Gasteiger partial charge in [-0.15, -0.1) is 0 Å². The number of methoxy groups -OCH3 is 1. The third-order valence-electron chi connectivity index (χ3n) is 4.02. The average Bonchev–Trinajstić information content (AvgIpc) is 2.65. The van der Waals surface area contributed by atoms with Gasteiger partial charge in [-0.1, -0.05) is 24.3 Å². The second-order valence-corrected chi connectivity index (χ2v) is 7.78. The molecule has 27 heavy (non-hydrogen) atoms. The number of aromatic nitrogens is 1. The summed E-state index contributed by atoms with van der Waals surface area (Å²) in [5, 5.41) is 3.20. The molecule has 140 valence electrons. The van der Waals surface area contributed by atoms with Gasteiger partial charge < -0.3 is 10.1 Å². The van der Waals surface area contributed by atoms with E-state index in [1.807, 2.05) is 37.3 Å². The summed E-state index contributed by atoms with van der Waals surface area (Å²) in [6.45, 7) is 3.62. The van der Waals surface area contributed by atoms with Crippen molar-refractivity contribution >= 4 is 27.2 Å². The second-order valence-electron chi connectivity index (χ2n) is 6.13. The van der Waals surface area contributed by atoms with Crippen LogP contribution in [0.2, 0.25) is 0 Å². The van der Waals surface area contributed by atoms with E-state index in [1.54, 1.807) is 44.5 Å². The van der Waals surface area contributed by atoms with Crippen LogP contribution in [-0.4, -0.2) is 20.5 Å². The van der Waals surface area contributed by atoms with Gasteiger partial charge in [-0.25, -0.2) is 13.4 Å². The number of rotatable bonds is 6. The van der Waals surface area contributed by atoms with E-state index >= 15 is 0 Å². The SMILES string of the molecule is COc1ccccc1Nc1ccc(NS(=O)(=O)c2cc(C)ccc2C)nc1. The van der Waals surface area contributed by atoms with Crippen LogP contribution < -0.4 is 14.8 Å². The first-order valence-corrected chi connectivity index (χ1v) is 9.83. The van der Waals surface area contributed by atoms with Crippen molar-refractivity contribution in [1.29, 1.82) is 0 Å². The molecule has 3 rings (SSSR count). The summed E-state index contributed by atoms with van der Waals surface area (Å²) in [5.41, 5.74) is 3.08. The van der Waals surface area contributed by atoms with Gasteiger partial charge in [0, 0.05) is 0 Å². The molecule has 6 nitrogen and oxygen atoms in total. The van der Waals surface area contributed by atoms with E-state index in [9.17, 15) is 8.42 Å². The average molecular weight is 383 g/mol. The minimum atomic E-state index is -3.70. The number of hydrogen-bond donors (Lipinski definition) is 2. The predicted octanol–water partition coefficient (Wildman–Crippen LogP) is 4.25. The number of hydrogen-bond acceptors (Lipinski definition) is 5. The van der Waals surface area contributed by atoms with Crippen LogP contribution in [0.1, 0.15) is 11.1 Å². The van der Waals surface area contributed by atoms with Gasteiger partial charge in [0.1, 0.15) is 11.6 Å². The van der Waals surface area contributed by atoms with Crippen LogP contribution in [0.25, 0.3) is 0 Å². The topological polar surface area (TPSA) is 80.3 Å². The molecule has 0 amide bonds. The molecule has 0 spiro atoms. The fourth-order valence-corrected chi connectivity index (χ4v) is 3.96. The normalized spacial score (nSPS) is 11.1. The summed E-state index contributed by atoms with van der Waals surface area (Å²) in [6.07, 6.45) is 1.56. The first-order chi connectivity index (χ1) is 12.9. The molecule has 0 fully saturated rings. The Balaban J connectivity index is 1.78. The van der Waals surface area contributed by atoms with Gasteiger partial charge >= 0.3 is 0 Å². The Kier molecular flexibility index (Phi) is 5.32. The summed E-state index contributed by atoms with van der Waals surface area (Å²) in [6, 6.07) is 16.2. The number of ether oxygens (including phenoxy) is 1. The molecule has 0 aliphatic heterocycles. The molecular weight excluding hydrogens is 362 g/mol. The van der Waals surface area contributed by atoms with Gasteiger partial charge in [0.05, 0.1) is 29.6 Å². The van der Waals surface area contributed by atoms with Crippen LogP contribution in [0.4, 0.5) is 17.2 Å². The molecule has 0 aliphatic rings. The summed E-state index contributed by atoms with van der Waals surface area (Å²) in [5.74, 6) is 0.957. The third-order valence-corrected chi connectivity index (χ3v) is 5.52. The van der Waals surface area contributed by atoms with E-state index in [1.165, 1.54) is 0 Å². The quantitative estimate of drug-likeness (QED) is 0.665. The zero-order valence-electron chi connectivity index (χ0n) is 15.4. The van der Waals surface area contributed by atoms with Gasteiger partial charge in [0.2, 0.25) is 0 Å². The largest absolute Gasteiger partial charge is 0.495 e. The molecule has 3 aromatic rings. The molecule has 0 unspecified atom stereocenters. The molecule has 1 heterocycles. The highest BCUT2D eigenvalue weighted by Gasteiger charge is 2.17. The second kappa shape index (κ2) is 7.67. The molecule has 0 bridgehead atoms. The van der Waals surface area contributed by atoms with Crippen molar-refractivity contribution in [3.8, 4) is 5.75 Å². The zero-order valence-corrected chi connectivity index (χ0v) is 16.2. The van der Waals surface area contributed by atoms with Crippen molar-refractivity contribution in [2.75, 3.05) is 17.1 Å². The maximum Gasteiger partial charge on any atom is 0.263 e. The van der Waals surface area contributed by atoms with Crippen LogP contribution in [-0.2, 0) is 10.0 Å². The van der Waals surface area contributed by atoms with Gasteiger partial charge in [-0.2, -0.15) is 0 Å². The van der Waals surface area contributed by atoms with E-state index in [-0.39, 0.29) is 10.7 Å². The number of pyridine rings is 1.